The molecule has 34 heavy (non-hydrogen) atoms. The number of primary amides is 1. The first-order chi connectivity index (χ1) is 15.8. The van der Waals surface area contributed by atoms with Crippen molar-refractivity contribution in [1.82, 2.24) is 5.32 Å². The van der Waals surface area contributed by atoms with Crippen LogP contribution in [0.4, 0.5) is 22.4 Å². The van der Waals surface area contributed by atoms with E-state index in [0.717, 1.165) is 17.7 Å². The Hall–Kier alpha value is -3.14. The van der Waals surface area contributed by atoms with Crippen LogP contribution < -0.4 is 11.1 Å². The van der Waals surface area contributed by atoms with Gasteiger partial charge in [-0.1, -0.05) is 24.3 Å². The number of nitrogens with one attached hydrogen (secondary N) is 1. The maximum Gasteiger partial charge on any atom is 0.421 e. The van der Waals surface area contributed by atoms with E-state index in [2.05, 4.69) is 5.32 Å². The summed E-state index contributed by atoms with van der Waals surface area (Å²) in [6.07, 6.45) is -3.63. The highest BCUT2D eigenvalue weighted by molar-refractivity contribution is 5.94. The Morgan fingerprint density at radius 2 is 1.65 bits per heavy atom. The normalized spacial score (nSPS) is 22.5. The number of amides is 2. The SMILES string of the molecule is C[C@](O)(c1ccc(C(=O)NC2CCC(COC(N)=O)(c3ccc(F)cc3)CC2)cc1)C(F)(F)F. The van der Waals surface area contributed by atoms with Crippen LogP contribution in [0.3, 0.4) is 0 Å². The van der Waals surface area contributed by atoms with Crippen molar-refractivity contribution in [2.24, 2.45) is 5.73 Å². The molecule has 1 saturated carbocycles. The number of hydrogen-bond donors (Lipinski definition) is 3. The molecular formula is C24H26F4N2O4. The molecule has 4 N–H and O–H groups in total. The average Bonchev–Trinajstić information content (AvgIpc) is 2.78. The fraction of sp³-hybridized carbons (Fsp3) is 0.417. The lowest BCUT2D eigenvalue weighted by atomic mass is 9.68. The summed E-state index contributed by atoms with van der Waals surface area (Å²) in [5.74, 6) is -0.843. The number of aliphatic hydroxyl groups is 1. The number of carbonyl (C=O) groups is 2. The van der Waals surface area contributed by atoms with Crippen LogP contribution in [-0.2, 0) is 15.8 Å². The highest BCUT2D eigenvalue weighted by Gasteiger charge is 2.51. The first-order valence-electron chi connectivity index (χ1n) is 10.7. The molecule has 0 heterocycles. The van der Waals surface area contributed by atoms with E-state index >= 15 is 0 Å². The highest BCUT2D eigenvalue weighted by Crippen LogP contribution is 2.40. The van der Waals surface area contributed by atoms with Gasteiger partial charge in [0.25, 0.3) is 5.91 Å². The van der Waals surface area contributed by atoms with Crippen molar-refractivity contribution in [1.29, 1.82) is 0 Å². The molecule has 0 aliphatic heterocycles. The smallest absolute Gasteiger partial charge is 0.421 e. The molecule has 6 nitrogen and oxygen atoms in total. The van der Waals surface area contributed by atoms with Crippen molar-refractivity contribution in [3.05, 3.63) is 71.0 Å². The number of benzene rings is 2. The molecule has 0 saturated heterocycles. The van der Waals surface area contributed by atoms with Gasteiger partial charge in [-0.15, -0.1) is 0 Å². The first-order valence-corrected chi connectivity index (χ1v) is 10.7. The van der Waals surface area contributed by atoms with Crippen molar-refractivity contribution < 1.29 is 37.0 Å². The number of hydrogen-bond acceptors (Lipinski definition) is 4. The summed E-state index contributed by atoms with van der Waals surface area (Å²) in [4.78, 5) is 23.8. The van der Waals surface area contributed by atoms with E-state index in [0.29, 0.717) is 32.6 Å². The molecule has 0 unspecified atom stereocenters. The maximum atomic E-state index is 13.4. The van der Waals surface area contributed by atoms with Crippen LogP contribution in [0.15, 0.2) is 48.5 Å². The molecule has 0 radical (unpaired) electrons. The highest BCUT2D eigenvalue weighted by atomic mass is 19.4. The number of alkyl halides is 3. The van der Waals surface area contributed by atoms with Gasteiger partial charge in [0.2, 0.25) is 0 Å². The van der Waals surface area contributed by atoms with Crippen molar-refractivity contribution in [3.63, 3.8) is 0 Å². The molecule has 1 aliphatic rings. The molecule has 184 valence electrons. The third-order valence-corrected chi connectivity index (χ3v) is 6.49. The molecule has 1 aliphatic carbocycles. The Labute approximate surface area is 194 Å². The van der Waals surface area contributed by atoms with Gasteiger partial charge in [0.1, 0.15) is 12.4 Å². The van der Waals surface area contributed by atoms with E-state index in [1.165, 1.54) is 24.3 Å². The summed E-state index contributed by atoms with van der Waals surface area (Å²) < 4.78 is 57.5. The summed E-state index contributed by atoms with van der Waals surface area (Å²) >= 11 is 0. The van der Waals surface area contributed by atoms with Gasteiger partial charge in [-0.3, -0.25) is 4.79 Å². The molecule has 1 fully saturated rings. The van der Waals surface area contributed by atoms with Crippen molar-refractivity contribution in [2.45, 2.75) is 55.8 Å². The summed E-state index contributed by atoms with van der Waals surface area (Å²) in [5, 5.41) is 12.6. The number of nitrogens with two attached hydrogens (primary N) is 1. The minimum atomic E-state index is -4.85. The zero-order valence-corrected chi connectivity index (χ0v) is 18.5. The van der Waals surface area contributed by atoms with Gasteiger partial charge in [-0.25, -0.2) is 9.18 Å². The van der Waals surface area contributed by atoms with Crippen LogP contribution in [0, 0.1) is 5.82 Å². The Morgan fingerprint density at radius 3 is 2.15 bits per heavy atom. The maximum absolute atomic E-state index is 13.4. The van der Waals surface area contributed by atoms with Crippen LogP contribution in [-0.4, -0.2) is 35.9 Å². The molecule has 10 heteroatoms. The van der Waals surface area contributed by atoms with Gasteiger partial charge in [0, 0.05) is 17.0 Å². The second kappa shape index (κ2) is 9.61. The lowest BCUT2D eigenvalue weighted by Gasteiger charge is -2.40. The monoisotopic (exact) mass is 482 g/mol. The van der Waals surface area contributed by atoms with Crippen LogP contribution in [0.25, 0.3) is 0 Å². The van der Waals surface area contributed by atoms with E-state index in [9.17, 15) is 32.3 Å². The van der Waals surface area contributed by atoms with Crippen LogP contribution in [0.1, 0.15) is 54.1 Å². The van der Waals surface area contributed by atoms with E-state index in [1.807, 2.05) is 0 Å². The van der Waals surface area contributed by atoms with Crippen LogP contribution in [0.2, 0.25) is 0 Å². The molecule has 1 atom stereocenters. The first kappa shape index (κ1) is 25.5. The second-order valence-electron chi connectivity index (χ2n) is 8.79. The lowest BCUT2D eigenvalue weighted by Crippen LogP contribution is -2.44. The third-order valence-electron chi connectivity index (χ3n) is 6.49. The van der Waals surface area contributed by atoms with Gasteiger partial charge in [-0.2, -0.15) is 13.2 Å². The molecule has 0 aromatic heterocycles. The Kier molecular flexibility index (Phi) is 7.21. The quantitative estimate of drug-likeness (QED) is 0.535. The van der Waals surface area contributed by atoms with E-state index in [1.54, 1.807) is 12.1 Å². The minimum Gasteiger partial charge on any atom is -0.449 e. The van der Waals surface area contributed by atoms with Gasteiger partial charge in [0.15, 0.2) is 5.60 Å². The van der Waals surface area contributed by atoms with Crippen LogP contribution >= 0.6 is 0 Å². The Balaban J connectivity index is 1.66. The topological polar surface area (TPSA) is 102 Å². The fourth-order valence-electron chi connectivity index (χ4n) is 4.22. The molecule has 2 amide bonds. The van der Waals surface area contributed by atoms with E-state index in [-0.39, 0.29) is 23.8 Å². The Morgan fingerprint density at radius 1 is 1.09 bits per heavy atom. The molecule has 0 bridgehead atoms. The third kappa shape index (κ3) is 5.49. The van der Waals surface area contributed by atoms with Crippen molar-refractivity contribution >= 4 is 12.0 Å². The second-order valence-corrected chi connectivity index (χ2v) is 8.79. The standard InChI is InChI=1S/C24H26F4N2O4/c1-22(33,24(26,27)28)16-4-2-15(3-5-16)20(31)30-19-10-12-23(13-11-19,14-34-21(29)32)17-6-8-18(25)9-7-17/h2-9,19,33H,10-14H2,1H3,(H2,29,32)(H,30,31)/t19?,22-,23?/m0/s1. The molecular weight excluding hydrogens is 456 g/mol. The fourth-order valence-corrected chi connectivity index (χ4v) is 4.22. The van der Waals surface area contributed by atoms with Crippen molar-refractivity contribution in [2.75, 3.05) is 6.61 Å². The summed E-state index contributed by atoms with van der Waals surface area (Å²) in [5.41, 5.74) is 2.12. The summed E-state index contributed by atoms with van der Waals surface area (Å²) in [7, 11) is 0. The van der Waals surface area contributed by atoms with Crippen molar-refractivity contribution in [3.8, 4) is 0 Å². The van der Waals surface area contributed by atoms with Gasteiger partial charge >= 0.3 is 12.3 Å². The zero-order chi connectivity index (χ0) is 25.1. The Bertz CT molecular complexity index is 1010. The molecule has 3 rings (SSSR count). The predicted octanol–water partition coefficient (Wildman–Crippen LogP) is 4.30. The number of halogens is 4. The van der Waals surface area contributed by atoms with Gasteiger partial charge in [-0.05, 0) is 68.0 Å². The van der Waals surface area contributed by atoms with E-state index in [4.69, 9.17) is 10.5 Å². The van der Waals surface area contributed by atoms with Gasteiger partial charge in [0.05, 0.1) is 0 Å². The van der Waals surface area contributed by atoms with E-state index < -0.39 is 35.0 Å². The molecule has 0 spiro atoms. The minimum absolute atomic E-state index is 0.0230. The summed E-state index contributed by atoms with van der Waals surface area (Å²) in [6.45, 7) is 0.675. The lowest BCUT2D eigenvalue weighted by molar-refractivity contribution is -0.258. The molecule has 2 aromatic carbocycles. The predicted molar refractivity (Wildman–Crippen MR) is 115 cm³/mol. The molecule has 2 aromatic rings. The largest absolute Gasteiger partial charge is 0.449 e. The number of ether oxygens (including phenoxy) is 1. The average molecular weight is 482 g/mol. The van der Waals surface area contributed by atoms with Crippen LogP contribution in [0.5, 0.6) is 0 Å². The summed E-state index contributed by atoms with van der Waals surface area (Å²) in [6, 6.07) is 10.3. The zero-order valence-electron chi connectivity index (χ0n) is 18.5. The number of carbonyl (C=O) groups excluding carboxylic acids is 2. The van der Waals surface area contributed by atoms with Gasteiger partial charge < -0.3 is 20.9 Å². The number of rotatable bonds is 6.